The number of hydrogen-bond donors (Lipinski definition) is 2. The molecule has 3 rings (SSSR count). The minimum atomic E-state index is 0.315. The van der Waals surface area contributed by atoms with Crippen molar-refractivity contribution in [3.05, 3.63) is 35.4 Å². The molecule has 24 heavy (non-hydrogen) atoms. The molecule has 0 aliphatic carbocycles. The molecule has 130 valence electrons. The lowest BCUT2D eigenvalue weighted by Gasteiger charge is -2.31. The third-order valence-corrected chi connectivity index (χ3v) is 5.08. The summed E-state index contributed by atoms with van der Waals surface area (Å²) in [6.07, 6.45) is 3.41. The van der Waals surface area contributed by atoms with Crippen LogP contribution in [0.1, 0.15) is 30.9 Å². The van der Waals surface area contributed by atoms with E-state index in [1.807, 2.05) is 0 Å². The molecule has 2 aromatic rings. The van der Waals surface area contributed by atoms with E-state index in [1.54, 1.807) is 0 Å². The molecule has 0 saturated carbocycles. The van der Waals surface area contributed by atoms with Gasteiger partial charge in [0, 0.05) is 31.6 Å². The number of rotatable bonds is 6. The first-order valence-corrected chi connectivity index (χ1v) is 9.17. The number of nitrogens with zero attached hydrogens (tertiary/aromatic N) is 2. The Labute approximate surface area is 144 Å². The molecular formula is C20H29N3O. The van der Waals surface area contributed by atoms with Crippen LogP contribution in [0.3, 0.4) is 0 Å². The monoisotopic (exact) mass is 327 g/mol. The van der Waals surface area contributed by atoms with Gasteiger partial charge in [0.2, 0.25) is 0 Å². The van der Waals surface area contributed by atoms with E-state index in [0.717, 1.165) is 50.4 Å². The molecule has 1 saturated heterocycles. The highest BCUT2D eigenvalue weighted by molar-refractivity contribution is 5.84. The summed E-state index contributed by atoms with van der Waals surface area (Å²) in [5.74, 6) is 1.41. The Bertz CT molecular complexity index is 686. The number of anilines is 1. The van der Waals surface area contributed by atoms with E-state index in [0.29, 0.717) is 12.5 Å². The van der Waals surface area contributed by atoms with E-state index in [9.17, 15) is 5.11 Å². The molecule has 4 nitrogen and oxygen atoms in total. The van der Waals surface area contributed by atoms with Crippen molar-refractivity contribution in [2.75, 3.05) is 38.1 Å². The summed E-state index contributed by atoms with van der Waals surface area (Å²) in [4.78, 5) is 7.20. The van der Waals surface area contributed by atoms with E-state index in [4.69, 9.17) is 4.98 Å². The van der Waals surface area contributed by atoms with Gasteiger partial charge in [-0.25, -0.2) is 4.98 Å². The number of piperidine rings is 1. The smallest absolute Gasteiger partial charge is 0.126 e. The number of aromatic nitrogens is 1. The zero-order chi connectivity index (χ0) is 16.9. The summed E-state index contributed by atoms with van der Waals surface area (Å²) < 4.78 is 0. The van der Waals surface area contributed by atoms with Gasteiger partial charge in [-0.1, -0.05) is 13.0 Å². The molecule has 0 radical (unpaired) electrons. The molecule has 1 atom stereocenters. The minimum Gasteiger partial charge on any atom is -0.396 e. The van der Waals surface area contributed by atoms with Crippen molar-refractivity contribution in [3.8, 4) is 0 Å². The van der Waals surface area contributed by atoms with Crippen LogP contribution < -0.4 is 5.32 Å². The Kier molecular flexibility index (Phi) is 5.69. The number of fused-ring (bicyclic) bond motifs is 1. The van der Waals surface area contributed by atoms with Crippen LogP contribution in [0, 0.1) is 12.8 Å². The van der Waals surface area contributed by atoms with Crippen molar-refractivity contribution in [2.24, 2.45) is 5.92 Å². The standard InChI is InChI=1S/C20H29N3O/c1-3-16-6-7-19-18(12-16)15(2)11-20(22-19)21-8-10-23-9-4-5-17(13-23)14-24/h6-7,11-12,17,24H,3-5,8-10,13-14H2,1-2H3,(H,21,22)/t17-/m1/s1. The van der Waals surface area contributed by atoms with E-state index in [-0.39, 0.29) is 0 Å². The number of likely N-dealkylation sites (tertiary alicyclic amines) is 1. The highest BCUT2D eigenvalue weighted by Gasteiger charge is 2.18. The lowest BCUT2D eigenvalue weighted by molar-refractivity contribution is 0.123. The molecule has 2 heterocycles. The van der Waals surface area contributed by atoms with Crippen molar-refractivity contribution < 1.29 is 5.11 Å². The average molecular weight is 327 g/mol. The molecular weight excluding hydrogens is 298 g/mol. The minimum absolute atomic E-state index is 0.315. The number of benzene rings is 1. The van der Waals surface area contributed by atoms with Crippen LogP contribution in [-0.4, -0.2) is 47.8 Å². The van der Waals surface area contributed by atoms with E-state index >= 15 is 0 Å². The van der Waals surface area contributed by atoms with Crippen LogP contribution in [-0.2, 0) is 6.42 Å². The lowest BCUT2D eigenvalue weighted by atomic mass is 9.99. The van der Waals surface area contributed by atoms with Gasteiger partial charge in [-0.2, -0.15) is 0 Å². The van der Waals surface area contributed by atoms with Gasteiger partial charge in [0.25, 0.3) is 0 Å². The largest absolute Gasteiger partial charge is 0.396 e. The Balaban J connectivity index is 1.61. The van der Waals surface area contributed by atoms with Gasteiger partial charge in [0.05, 0.1) is 5.52 Å². The Hall–Kier alpha value is -1.65. The number of aliphatic hydroxyl groups is 1. The van der Waals surface area contributed by atoms with Crippen molar-refractivity contribution in [1.29, 1.82) is 0 Å². The molecule has 1 aromatic carbocycles. The Morgan fingerprint density at radius 1 is 1.33 bits per heavy atom. The van der Waals surface area contributed by atoms with Crippen LogP contribution >= 0.6 is 0 Å². The average Bonchev–Trinajstić information content (AvgIpc) is 2.62. The fourth-order valence-corrected chi connectivity index (χ4v) is 3.60. The van der Waals surface area contributed by atoms with Crippen LogP contribution in [0.2, 0.25) is 0 Å². The fourth-order valence-electron chi connectivity index (χ4n) is 3.60. The Morgan fingerprint density at radius 3 is 3.00 bits per heavy atom. The third kappa shape index (κ3) is 4.05. The first-order chi connectivity index (χ1) is 11.7. The second-order valence-electron chi connectivity index (χ2n) is 6.95. The molecule has 0 unspecified atom stereocenters. The van der Waals surface area contributed by atoms with Gasteiger partial charge in [0.15, 0.2) is 0 Å². The van der Waals surface area contributed by atoms with E-state index in [2.05, 4.69) is 48.3 Å². The van der Waals surface area contributed by atoms with Crippen LogP contribution in [0.15, 0.2) is 24.3 Å². The van der Waals surface area contributed by atoms with Crippen molar-refractivity contribution >= 4 is 16.7 Å². The zero-order valence-corrected chi connectivity index (χ0v) is 14.9. The highest BCUT2D eigenvalue weighted by atomic mass is 16.3. The molecule has 0 bridgehead atoms. The summed E-state index contributed by atoms with van der Waals surface area (Å²) in [7, 11) is 0. The third-order valence-electron chi connectivity index (χ3n) is 5.08. The molecule has 1 aliphatic heterocycles. The Morgan fingerprint density at radius 2 is 2.21 bits per heavy atom. The first kappa shape index (κ1) is 17.2. The van der Waals surface area contributed by atoms with Crippen LogP contribution in [0.5, 0.6) is 0 Å². The summed E-state index contributed by atoms with van der Waals surface area (Å²) in [5, 5.41) is 14.1. The number of pyridine rings is 1. The predicted octanol–water partition coefficient (Wildman–Crippen LogP) is 3.22. The first-order valence-electron chi connectivity index (χ1n) is 9.17. The second-order valence-corrected chi connectivity index (χ2v) is 6.95. The van der Waals surface area contributed by atoms with Crippen LogP contribution in [0.25, 0.3) is 10.9 Å². The molecule has 4 heteroatoms. The molecule has 1 aliphatic rings. The topological polar surface area (TPSA) is 48.4 Å². The molecule has 1 aromatic heterocycles. The number of aryl methyl sites for hydroxylation is 2. The number of nitrogens with one attached hydrogen (secondary N) is 1. The number of hydrogen-bond acceptors (Lipinski definition) is 4. The number of aliphatic hydroxyl groups excluding tert-OH is 1. The van der Waals surface area contributed by atoms with Crippen molar-refractivity contribution in [1.82, 2.24) is 9.88 Å². The lowest BCUT2D eigenvalue weighted by Crippen LogP contribution is -2.39. The van der Waals surface area contributed by atoms with Gasteiger partial charge in [0.1, 0.15) is 5.82 Å². The van der Waals surface area contributed by atoms with Crippen LogP contribution in [0.4, 0.5) is 5.82 Å². The maximum Gasteiger partial charge on any atom is 0.126 e. The molecule has 0 amide bonds. The van der Waals surface area contributed by atoms with E-state index < -0.39 is 0 Å². The summed E-state index contributed by atoms with van der Waals surface area (Å²) in [6, 6.07) is 8.70. The summed E-state index contributed by atoms with van der Waals surface area (Å²) in [5.41, 5.74) is 3.70. The second kappa shape index (κ2) is 7.95. The summed E-state index contributed by atoms with van der Waals surface area (Å²) >= 11 is 0. The summed E-state index contributed by atoms with van der Waals surface area (Å²) in [6.45, 7) is 8.71. The fraction of sp³-hybridized carbons (Fsp3) is 0.550. The van der Waals surface area contributed by atoms with Gasteiger partial charge in [-0.15, -0.1) is 0 Å². The molecule has 1 fully saturated rings. The maximum atomic E-state index is 9.33. The van der Waals surface area contributed by atoms with Gasteiger partial charge >= 0.3 is 0 Å². The maximum absolute atomic E-state index is 9.33. The molecule has 0 spiro atoms. The normalized spacial score (nSPS) is 18.9. The quantitative estimate of drug-likeness (QED) is 0.855. The zero-order valence-electron chi connectivity index (χ0n) is 14.9. The highest BCUT2D eigenvalue weighted by Crippen LogP contribution is 2.22. The van der Waals surface area contributed by atoms with E-state index in [1.165, 1.54) is 22.9 Å². The van der Waals surface area contributed by atoms with Gasteiger partial charge in [-0.3, -0.25) is 0 Å². The van der Waals surface area contributed by atoms with Crippen molar-refractivity contribution in [3.63, 3.8) is 0 Å². The van der Waals surface area contributed by atoms with Crippen molar-refractivity contribution in [2.45, 2.75) is 33.1 Å². The SMILES string of the molecule is CCc1ccc2nc(NCCN3CCC[C@@H](CO)C3)cc(C)c2c1. The van der Waals surface area contributed by atoms with Gasteiger partial charge < -0.3 is 15.3 Å². The predicted molar refractivity (Wildman–Crippen MR) is 101 cm³/mol. The van der Waals surface area contributed by atoms with Gasteiger partial charge in [-0.05, 0) is 68.0 Å². The molecule has 2 N–H and O–H groups in total.